The van der Waals surface area contributed by atoms with Gasteiger partial charge in [-0.15, -0.1) is 0 Å². The Hall–Kier alpha value is -3.59. The van der Waals surface area contributed by atoms with Crippen LogP contribution in [-0.2, 0) is 9.53 Å². The highest BCUT2D eigenvalue weighted by molar-refractivity contribution is 5.95. The summed E-state index contributed by atoms with van der Waals surface area (Å²) in [5, 5.41) is 5.72. The molecule has 9 nitrogen and oxygen atoms in total. The van der Waals surface area contributed by atoms with Gasteiger partial charge in [0.15, 0.2) is 0 Å². The lowest BCUT2D eigenvalue weighted by molar-refractivity contribution is -0.139. The van der Waals surface area contributed by atoms with Gasteiger partial charge >= 0.3 is 12.0 Å². The van der Waals surface area contributed by atoms with Gasteiger partial charge in [-0.25, -0.2) is 14.6 Å². The highest BCUT2D eigenvalue weighted by atomic mass is 16.5. The van der Waals surface area contributed by atoms with E-state index in [0.717, 1.165) is 37.6 Å². The Labute approximate surface area is 193 Å². The maximum absolute atomic E-state index is 13.0. The molecule has 0 unspecified atom stereocenters. The molecule has 0 saturated carbocycles. The lowest BCUT2D eigenvalue weighted by Crippen LogP contribution is -2.52. The molecule has 0 radical (unpaired) electrons. The average Bonchev–Trinajstić information content (AvgIpc) is 2.85. The summed E-state index contributed by atoms with van der Waals surface area (Å²) in [6.45, 7) is 5.64. The van der Waals surface area contributed by atoms with Crippen molar-refractivity contribution >= 4 is 17.8 Å². The highest BCUT2D eigenvalue weighted by Gasteiger charge is 2.35. The summed E-state index contributed by atoms with van der Waals surface area (Å²) in [6.07, 6.45) is 1.79. The summed E-state index contributed by atoms with van der Waals surface area (Å²) in [6, 6.07) is 12.2. The summed E-state index contributed by atoms with van der Waals surface area (Å²) < 4.78 is 10.7. The third kappa shape index (κ3) is 5.25. The van der Waals surface area contributed by atoms with E-state index < -0.39 is 12.0 Å². The van der Waals surface area contributed by atoms with Crippen molar-refractivity contribution in [2.45, 2.75) is 13.0 Å². The number of aromatic nitrogens is 1. The molecule has 2 aromatic rings. The molecule has 9 heteroatoms. The van der Waals surface area contributed by atoms with Crippen LogP contribution in [0.15, 0.2) is 59.9 Å². The molecule has 1 saturated heterocycles. The number of rotatable bonds is 7. The maximum Gasteiger partial charge on any atom is 0.338 e. The standard InChI is InChI=1S/C24H29N5O4/c1-3-33-23(30)21-19(16-28-11-13-29(14-12-28)20-9-4-5-10-25-20)26-24(31)27-22(21)17-7-6-8-18(15-17)32-2/h4-10,15,22H,3,11-14,16H2,1-2H3,(H2,26,27,31)/t22-/m0/s1. The fourth-order valence-corrected chi connectivity index (χ4v) is 4.16. The molecule has 2 amide bonds. The number of nitrogens with one attached hydrogen (secondary N) is 2. The molecule has 3 heterocycles. The van der Waals surface area contributed by atoms with Crippen molar-refractivity contribution in [3.05, 3.63) is 65.5 Å². The zero-order valence-electron chi connectivity index (χ0n) is 18.9. The number of hydrogen-bond acceptors (Lipinski definition) is 7. The van der Waals surface area contributed by atoms with Crippen molar-refractivity contribution in [3.63, 3.8) is 0 Å². The Morgan fingerprint density at radius 2 is 1.97 bits per heavy atom. The molecule has 1 atom stereocenters. The Balaban J connectivity index is 1.57. The topological polar surface area (TPSA) is 96.0 Å². The molecular formula is C24H29N5O4. The first-order valence-corrected chi connectivity index (χ1v) is 11.1. The smallest absolute Gasteiger partial charge is 0.338 e. The van der Waals surface area contributed by atoms with Crippen molar-refractivity contribution < 1.29 is 19.1 Å². The molecule has 174 valence electrons. The van der Waals surface area contributed by atoms with Crippen LogP contribution < -0.4 is 20.3 Å². The third-order valence-corrected chi connectivity index (χ3v) is 5.80. The molecule has 33 heavy (non-hydrogen) atoms. The quantitative estimate of drug-likeness (QED) is 0.623. The Bertz CT molecular complexity index is 1020. The summed E-state index contributed by atoms with van der Waals surface area (Å²) in [5.41, 5.74) is 1.73. The zero-order chi connectivity index (χ0) is 23.2. The van der Waals surface area contributed by atoms with Gasteiger partial charge in [0.1, 0.15) is 11.6 Å². The maximum atomic E-state index is 13.0. The van der Waals surface area contributed by atoms with E-state index in [-0.39, 0.29) is 12.6 Å². The second kappa shape index (κ2) is 10.4. The summed E-state index contributed by atoms with van der Waals surface area (Å²) in [4.78, 5) is 34.4. The minimum Gasteiger partial charge on any atom is -0.497 e. The predicted molar refractivity (Wildman–Crippen MR) is 124 cm³/mol. The van der Waals surface area contributed by atoms with Gasteiger partial charge in [0.05, 0.1) is 25.3 Å². The number of anilines is 1. The first-order chi connectivity index (χ1) is 16.1. The van der Waals surface area contributed by atoms with Crippen LogP contribution in [0.2, 0.25) is 0 Å². The Morgan fingerprint density at radius 3 is 2.67 bits per heavy atom. The van der Waals surface area contributed by atoms with Gasteiger partial charge < -0.3 is 25.0 Å². The van der Waals surface area contributed by atoms with Crippen LogP contribution in [0.25, 0.3) is 0 Å². The zero-order valence-corrected chi connectivity index (χ0v) is 18.9. The molecule has 1 aromatic carbocycles. The molecular weight excluding hydrogens is 422 g/mol. The van der Waals surface area contributed by atoms with Crippen molar-refractivity contribution in [3.8, 4) is 5.75 Å². The fraction of sp³-hybridized carbons (Fsp3) is 0.375. The number of amides is 2. The summed E-state index contributed by atoms with van der Waals surface area (Å²) >= 11 is 0. The molecule has 2 aliphatic rings. The van der Waals surface area contributed by atoms with E-state index in [9.17, 15) is 9.59 Å². The van der Waals surface area contributed by atoms with Crippen LogP contribution in [0.5, 0.6) is 5.75 Å². The highest BCUT2D eigenvalue weighted by Crippen LogP contribution is 2.30. The van der Waals surface area contributed by atoms with Crippen LogP contribution >= 0.6 is 0 Å². The van der Waals surface area contributed by atoms with Crippen LogP contribution in [-0.4, -0.2) is 68.3 Å². The molecule has 0 bridgehead atoms. The van der Waals surface area contributed by atoms with Crippen LogP contribution in [0.1, 0.15) is 18.5 Å². The second-order valence-electron chi connectivity index (χ2n) is 7.87. The number of carbonyl (C=O) groups is 2. The largest absolute Gasteiger partial charge is 0.497 e. The number of urea groups is 1. The van der Waals surface area contributed by atoms with Crippen molar-refractivity contribution in [2.75, 3.05) is 51.3 Å². The number of ether oxygens (including phenoxy) is 2. The van der Waals surface area contributed by atoms with Crippen LogP contribution in [0, 0.1) is 0 Å². The molecule has 0 spiro atoms. The minimum atomic E-state index is -0.627. The SMILES string of the molecule is CCOC(=O)C1=C(CN2CCN(c3ccccn3)CC2)NC(=O)N[C@H]1c1cccc(OC)c1. The van der Waals surface area contributed by atoms with E-state index in [1.54, 1.807) is 20.2 Å². The van der Waals surface area contributed by atoms with E-state index in [1.807, 2.05) is 42.5 Å². The molecule has 2 aliphatic heterocycles. The van der Waals surface area contributed by atoms with Crippen molar-refractivity contribution in [1.82, 2.24) is 20.5 Å². The van der Waals surface area contributed by atoms with E-state index in [0.29, 0.717) is 23.6 Å². The predicted octanol–water partition coefficient (Wildman–Crippen LogP) is 2.08. The third-order valence-electron chi connectivity index (χ3n) is 5.80. The number of hydrogen-bond donors (Lipinski definition) is 2. The van der Waals surface area contributed by atoms with Gasteiger partial charge in [0, 0.05) is 44.6 Å². The van der Waals surface area contributed by atoms with Gasteiger partial charge in [0.25, 0.3) is 0 Å². The monoisotopic (exact) mass is 451 g/mol. The van der Waals surface area contributed by atoms with E-state index in [4.69, 9.17) is 9.47 Å². The van der Waals surface area contributed by atoms with Gasteiger partial charge in [-0.05, 0) is 36.8 Å². The van der Waals surface area contributed by atoms with E-state index in [2.05, 4.69) is 25.4 Å². The number of nitrogens with zero attached hydrogens (tertiary/aromatic N) is 3. The number of benzene rings is 1. The normalized spacial score (nSPS) is 19.0. The number of pyridine rings is 1. The van der Waals surface area contributed by atoms with Gasteiger partial charge in [-0.1, -0.05) is 18.2 Å². The molecule has 1 aromatic heterocycles. The minimum absolute atomic E-state index is 0.247. The number of esters is 1. The fourth-order valence-electron chi connectivity index (χ4n) is 4.16. The van der Waals surface area contributed by atoms with Crippen LogP contribution in [0.3, 0.4) is 0 Å². The van der Waals surface area contributed by atoms with Crippen LogP contribution in [0.4, 0.5) is 10.6 Å². The molecule has 0 aliphatic carbocycles. The molecule has 1 fully saturated rings. The molecule has 2 N–H and O–H groups in total. The number of piperazine rings is 1. The van der Waals surface area contributed by atoms with Crippen molar-refractivity contribution in [2.24, 2.45) is 0 Å². The Morgan fingerprint density at radius 1 is 1.15 bits per heavy atom. The van der Waals surface area contributed by atoms with Gasteiger partial charge in [-0.3, -0.25) is 4.90 Å². The number of methoxy groups -OCH3 is 1. The first kappa shape index (κ1) is 22.6. The average molecular weight is 452 g/mol. The second-order valence-corrected chi connectivity index (χ2v) is 7.87. The summed E-state index contributed by atoms with van der Waals surface area (Å²) in [5.74, 6) is 1.16. The molecule has 4 rings (SSSR count). The lowest BCUT2D eigenvalue weighted by Gasteiger charge is -2.37. The first-order valence-electron chi connectivity index (χ1n) is 11.1. The lowest BCUT2D eigenvalue weighted by atomic mass is 9.94. The van der Waals surface area contributed by atoms with E-state index >= 15 is 0 Å². The van der Waals surface area contributed by atoms with Crippen molar-refractivity contribution in [1.29, 1.82) is 0 Å². The Kier molecular flexibility index (Phi) is 7.09. The number of carbonyl (C=O) groups excluding carboxylic acids is 2. The van der Waals surface area contributed by atoms with Gasteiger partial charge in [-0.2, -0.15) is 0 Å². The van der Waals surface area contributed by atoms with E-state index in [1.165, 1.54) is 0 Å². The summed E-state index contributed by atoms with van der Waals surface area (Å²) in [7, 11) is 1.58. The van der Waals surface area contributed by atoms with Gasteiger partial charge in [0.2, 0.25) is 0 Å².